The zero-order chi connectivity index (χ0) is 22.8. The molecule has 33 heavy (non-hydrogen) atoms. The molecule has 1 aromatic heterocycles. The highest BCUT2D eigenvalue weighted by molar-refractivity contribution is 6.10. The van der Waals surface area contributed by atoms with E-state index in [0.717, 1.165) is 28.5 Å². The summed E-state index contributed by atoms with van der Waals surface area (Å²) in [5.74, 6) is 1.69. The summed E-state index contributed by atoms with van der Waals surface area (Å²) in [5, 5.41) is 17.6. The van der Waals surface area contributed by atoms with Crippen LogP contribution in [0.15, 0.2) is 71.9 Å². The van der Waals surface area contributed by atoms with E-state index in [0.29, 0.717) is 24.1 Å². The fourth-order valence-electron chi connectivity index (χ4n) is 4.15. The molecule has 1 aliphatic rings. The lowest BCUT2D eigenvalue weighted by Crippen LogP contribution is -2.43. The third-order valence-electron chi connectivity index (χ3n) is 5.81. The number of aryl methyl sites for hydroxylation is 3. The zero-order valence-corrected chi connectivity index (χ0v) is 19.0. The topological polar surface area (TPSA) is 68.6 Å². The maximum absolute atomic E-state index is 6.19. The summed E-state index contributed by atoms with van der Waals surface area (Å²) in [5.41, 5.74) is 6.45. The van der Waals surface area contributed by atoms with Crippen LogP contribution in [0, 0.1) is 20.8 Å². The quantitative estimate of drug-likeness (QED) is 0.461. The molecule has 0 amide bonds. The van der Waals surface area contributed by atoms with E-state index in [2.05, 4.69) is 52.7 Å². The van der Waals surface area contributed by atoms with E-state index in [1.54, 1.807) is 0 Å². The SMILES string of the molecule is Cc1cccc(Oc2nnc3ccccc3c2C2=NOCC(Cc3ccc(C)cc3C)N2)c1. The van der Waals surface area contributed by atoms with Crippen molar-refractivity contribution in [3.63, 3.8) is 0 Å². The van der Waals surface area contributed by atoms with Gasteiger partial charge >= 0.3 is 0 Å². The van der Waals surface area contributed by atoms with E-state index in [9.17, 15) is 0 Å². The van der Waals surface area contributed by atoms with Crippen molar-refractivity contribution in [1.82, 2.24) is 15.5 Å². The van der Waals surface area contributed by atoms with Crippen LogP contribution in [0.1, 0.15) is 27.8 Å². The lowest BCUT2D eigenvalue weighted by atomic mass is 9.99. The molecule has 5 rings (SSSR count). The molecule has 6 heteroatoms. The van der Waals surface area contributed by atoms with Gasteiger partial charge in [-0.1, -0.05) is 59.3 Å². The van der Waals surface area contributed by atoms with Crippen LogP contribution in [0.5, 0.6) is 11.6 Å². The molecule has 4 aromatic rings. The molecular formula is C27H26N4O2. The average Bonchev–Trinajstić information content (AvgIpc) is 2.81. The Bertz CT molecular complexity index is 1350. The number of rotatable bonds is 5. The molecular weight excluding hydrogens is 412 g/mol. The van der Waals surface area contributed by atoms with E-state index >= 15 is 0 Å². The van der Waals surface area contributed by atoms with Gasteiger partial charge in [-0.3, -0.25) is 0 Å². The van der Waals surface area contributed by atoms with Crippen LogP contribution in [-0.2, 0) is 11.3 Å². The first-order chi connectivity index (χ1) is 16.1. The minimum absolute atomic E-state index is 0.0673. The van der Waals surface area contributed by atoms with Crippen LogP contribution >= 0.6 is 0 Å². The fourth-order valence-corrected chi connectivity index (χ4v) is 4.15. The second-order valence-corrected chi connectivity index (χ2v) is 8.53. The van der Waals surface area contributed by atoms with E-state index in [4.69, 9.17) is 9.57 Å². The van der Waals surface area contributed by atoms with Crippen molar-refractivity contribution < 1.29 is 9.57 Å². The summed E-state index contributed by atoms with van der Waals surface area (Å²) < 4.78 is 6.19. The molecule has 0 radical (unpaired) electrons. The monoisotopic (exact) mass is 438 g/mol. The molecule has 2 heterocycles. The van der Waals surface area contributed by atoms with Gasteiger partial charge in [0, 0.05) is 5.39 Å². The highest BCUT2D eigenvalue weighted by Crippen LogP contribution is 2.29. The number of ether oxygens (including phenoxy) is 1. The first-order valence-electron chi connectivity index (χ1n) is 11.1. The van der Waals surface area contributed by atoms with Crippen molar-refractivity contribution in [2.45, 2.75) is 33.2 Å². The van der Waals surface area contributed by atoms with Crippen molar-refractivity contribution in [2.24, 2.45) is 5.16 Å². The van der Waals surface area contributed by atoms with Gasteiger partial charge in [-0.05, 0) is 62.1 Å². The largest absolute Gasteiger partial charge is 0.437 e. The smallest absolute Gasteiger partial charge is 0.250 e. The van der Waals surface area contributed by atoms with Crippen molar-refractivity contribution >= 4 is 16.7 Å². The average molecular weight is 439 g/mol. The van der Waals surface area contributed by atoms with Crippen molar-refractivity contribution in [3.05, 3.63) is 94.5 Å². The number of nitrogens with one attached hydrogen (secondary N) is 1. The van der Waals surface area contributed by atoms with E-state index < -0.39 is 0 Å². The van der Waals surface area contributed by atoms with Crippen LogP contribution in [0.4, 0.5) is 0 Å². The Morgan fingerprint density at radius 2 is 1.79 bits per heavy atom. The van der Waals surface area contributed by atoms with Crippen molar-refractivity contribution in [1.29, 1.82) is 0 Å². The summed E-state index contributed by atoms with van der Waals surface area (Å²) in [6, 6.07) is 22.3. The van der Waals surface area contributed by atoms with Crippen LogP contribution in [0.2, 0.25) is 0 Å². The van der Waals surface area contributed by atoms with Gasteiger partial charge in [-0.2, -0.15) is 0 Å². The molecule has 0 fully saturated rings. The third-order valence-corrected chi connectivity index (χ3v) is 5.81. The maximum atomic E-state index is 6.19. The molecule has 166 valence electrons. The predicted molar refractivity (Wildman–Crippen MR) is 130 cm³/mol. The van der Waals surface area contributed by atoms with Crippen LogP contribution < -0.4 is 10.1 Å². The van der Waals surface area contributed by atoms with Crippen LogP contribution in [0.25, 0.3) is 10.9 Å². The van der Waals surface area contributed by atoms with Gasteiger partial charge in [0.05, 0.1) is 17.1 Å². The predicted octanol–water partition coefficient (Wildman–Crippen LogP) is 5.24. The molecule has 1 atom stereocenters. The Morgan fingerprint density at radius 1 is 0.939 bits per heavy atom. The highest BCUT2D eigenvalue weighted by Gasteiger charge is 2.25. The minimum Gasteiger partial charge on any atom is -0.437 e. The van der Waals surface area contributed by atoms with Gasteiger partial charge in [-0.15, -0.1) is 10.2 Å². The standard InChI is InChI=1S/C27H26N4O2/c1-17-7-6-8-22(14-17)33-27-25(23-9-4-5-10-24(23)29-30-27)26-28-21(16-32-31-26)15-20-12-11-18(2)13-19(20)3/h4-14,21H,15-16H2,1-3H3,(H,28,31). The number of hydrogen-bond acceptors (Lipinski definition) is 6. The number of hydrogen-bond donors (Lipinski definition) is 1. The third kappa shape index (κ3) is 4.51. The summed E-state index contributed by atoms with van der Waals surface area (Å²) in [6.45, 7) is 6.77. The normalized spacial score (nSPS) is 15.5. The van der Waals surface area contributed by atoms with Crippen molar-refractivity contribution in [3.8, 4) is 11.6 Å². The van der Waals surface area contributed by atoms with Gasteiger partial charge in [0.2, 0.25) is 0 Å². The molecule has 1 unspecified atom stereocenters. The minimum atomic E-state index is 0.0673. The first-order valence-corrected chi connectivity index (χ1v) is 11.1. The molecule has 0 bridgehead atoms. The molecule has 6 nitrogen and oxygen atoms in total. The number of aromatic nitrogens is 2. The van der Waals surface area contributed by atoms with E-state index in [-0.39, 0.29) is 6.04 Å². The highest BCUT2D eigenvalue weighted by atomic mass is 16.6. The van der Waals surface area contributed by atoms with Gasteiger partial charge in [-0.25, -0.2) is 0 Å². The van der Waals surface area contributed by atoms with Crippen LogP contribution in [-0.4, -0.2) is 28.7 Å². The summed E-state index contributed by atoms with van der Waals surface area (Å²) >= 11 is 0. The summed E-state index contributed by atoms with van der Waals surface area (Å²) in [6.07, 6.45) is 0.829. The molecule has 0 saturated carbocycles. The molecule has 1 N–H and O–H groups in total. The van der Waals surface area contributed by atoms with Crippen molar-refractivity contribution in [2.75, 3.05) is 6.61 Å². The second kappa shape index (κ2) is 8.90. The Balaban J connectivity index is 1.50. The lowest BCUT2D eigenvalue weighted by Gasteiger charge is -2.26. The molecule has 0 saturated heterocycles. The van der Waals surface area contributed by atoms with Crippen LogP contribution in [0.3, 0.4) is 0 Å². The number of benzene rings is 3. The Morgan fingerprint density at radius 3 is 2.64 bits per heavy atom. The first kappa shape index (κ1) is 20.9. The fraction of sp³-hybridized carbons (Fsp3) is 0.222. The van der Waals surface area contributed by atoms with Gasteiger partial charge < -0.3 is 14.9 Å². The zero-order valence-electron chi connectivity index (χ0n) is 19.0. The number of fused-ring (bicyclic) bond motifs is 1. The Hall–Kier alpha value is -3.93. The lowest BCUT2D eigenvalue weighted by molar-refractivity contribution is 0.109. The Kier molecular flexibility index (Phi) is 5.65. The summed E-state index contributed by atoms with van der Waals surface area (Å²) in [7, 11) is 0. The number of oxime groups is 1. The molecule has 0 spiro atoms. The van der Waals surface area contributed by atoms with E-state index in [1.165, 1.54) is 16.7 Å². The molecule has 3 aromatic carbocycles. The van der Waals surface area contributed by atoms with E-state index in [1.807, 2.05) is 55.5 Å². The second-order valence-electron chi connectivity index (χ2n) is 8.53. The Labute approximate surface area is 193 Å². The van der Waals surface area contributed by atoms with Gasteiger partial charge in [0.15, 0.2) is 5.84 Å². The maximum Gasteiger partial charge on any atom is 0.250 e. The van der Waals surface area contributed by atoms with Gasteiger partial charge in [0.1, 0.15) is 12.4 Å². The molecule has 1 aliphatic heterocycles. The number of amidine groups is 1. The number of nitrogens with zero attached hydrogens (tertiary/aromatic N) is 3. The summed E-state index contributed by atoms with van der Waals surface area (Å²) in [4.78, 5) is 5.68. The molecule has 0 aliphatic carbocycles. The van der Waals surface area contributed by atoms with Gasteiger partial charge in [0.25, 0.3) is 5.88 Å².